The Kier molecular flexibility index (Phi) is 5.23. The molecule has 0 N–H and O–H groups in total. The van der Waals surface area contributed by atoms with Crippen LogP contribution in [0.25, 0.3) is 22.6 Å². The number of halogens is 1. The van der Waals surface area contributed by atoms with Gasteiger partial charge < -0.3 is 4.52 Å². The first-order chi connectivity index (χ1) is 15.6. The number of thioether (sulfide) groups is 1. The van der Waals surface area contributed by atoms with Crippen molar-refractivity contribution in [3.8, 4) is 11.4 Å². The molecule has 3 aromatic heterocycles. The van der Waals surface area contributed by atoms with Crippen LogP contribution >= 0.6 is 11.8 Å². The van der Waals surface area contributed by atoms with Gasteiger partial charge in [0.2, 0.25) is 11.7 Å². The first-order valence-corrected chi connectivity index (χ1v) is 10.8. The van der Waals surface area contributed by atoms with Crippen molar-refractivity contribution in [2.24, 2.45) is 0 Å². The van der Waals surface area contributed by atoms with E-state index in [1.165, 1.54) is 27.7 Å². The van der Waals surface area contributed by atoms with Gasteiger partial charge in [-0.3, -0.25) is 9.36 Å². The fourth-order valence-corrected chi connectivity index (χ4v) is 3.64. The first-order valence-electron chi connectivity index (χ1n) is 9.61. The van der Waals surface area contributed by atoms with Crippen molar-refractivity contribution in [3.05, 3.63) is 82.5 Å². The van der Waals surface area contributed by atoms with Gasteiger partial charge in [0, 0.05) is 10.5 Å². The van der Waals surface area contributed by atoms with E-state index in [9.17, 15) is 9.18 Å². The minimum absolute atomic E-state index is 0.0500. The highest BCUT2D eigenvalue weighted by molar-refractivity contribution is 7.98. The lowest BCUT2D eigenvalue weighted by atomic mass is 10.2. The van der Waals surface area contributed by atoms with Gasteiger partial charge in [0.25, 0.3) is 5.56 Å². The molecule has 0 bridgehead atoms. The standard InChI is InChI=1S/C21H16FN7O2S/c1-32-16-7-5-14(6-8-16)19-24-17(31-26-19)11-28-12-23-20-18(21(28)30)25-27-29(20)10-13-3-2-4-15(22)9-13/h2-9,12H,10-11H2,1H3. The van der Waals surface area contributed by atoms with Gasteiger partial charge in [0.15, 0.2) is 11.2 Å². The van der Waals surface area contributed by atoms with Crippen LogP contribution in [0.15, 0.2) is 69.1 Å². The zero-order chi connectivity index (χ0) is 22.1. The number of fused-ring (bicyclic) bond motifs is 1. The Bertz CT molecular complexity index is 1460. The number of hydrogen-bond donors (Lipinski definition) is 0. The van der Waals surface area contributed by atoms with Crippen LogP contribution < -0.4 is 5.56 Å². The Morgan fingerprint density at radius 3 is 2.75 bits per heavy atom. The molecule has 0 radical (unpaired) electrons. The quantitative estimate of drug-likeness (QED) is 0.365. The third-order valence-corrected chi connectivity index (χ3v) is 5.58. The minimum Gasteiger partial charge on any atom is -0.337 e. The van der Waals surface area contributed by atoms with E-state index in [0.29, 0.717) is 17.0 Å². The van der Waals surface area contributed by atoms with Gasteiger partial charge >= 0.3 is 0 Å². The van der Waals surface area contributed by atoms with Crippen LogP contribution in [0.5, 0.6) is 0 Å². The molecule has 0 fully saturated rings. The van der Waals surface area contributed by atoms with E-state index in [1.807, 2.05) is 30.5 Å². The summed E-state index contributed by atoms with van der Waals surface area (Å²) in [5.74, 6) is 0.362. The Morgan fingerprint density at radius 2 is 1.97 bits per heavy atom. The summed E-state index contributed by atoms with van der Waals surface area (Å²) in [7, 11) is 0. The van der Waals surface area contributed by atoms with Crippen molar-refractivity contribution in [1.82, 2.24) is 34.7 Å². The van der Waals surface area contributed by atoms with E-state index in [-0.39, 0.29) is 35.9 Å². The molecule has 9 nitrogen and oxygen atoms in total. The summed E-state index contributed by atoms with van der Waals surface area (Å²) < 4.78 is 21.5. The van der Waals surface area contributed by atoms with Crippen molar-refractivity contribution < 1.29 is 8.91 Å². The van der Waals surface area contributed by atoms with Gasteiger partial charge in [-0.05, 0) is 48.2 Å². The topological polar surface area (TPSA) is 105 Å². The molecule has 0 spiro atoms. The van der Waals surface area contributed by atoms with Gasteiger partial charge in [-0.25, -0.2) is 14.1 Å². The van der Waals surface area contributed by atoms with E-state index in [2.05, 4.69) is 25.4 Å². The molecule has 3 heterocycles. The number of nitrogens with zero attached hydrogens (tertiary/aromatic N) is 7. The van der Waals surface area contributed by atoms with Crippen LogP contribution in [-0.4, -0.2) is 40.9 Å². The second kappa shape index (κ2) is 8.35. The molecule has 160 valence electrons. The zero-order valence-electron chi connectivity index (χ0n) is 16.8. The third-order valence-electron chi connectivity index (χ3n) is 4.84. The predicted octanol–water partition coefficient (Wildman–Crippen LogP) is 3.00. The average Bonchev–Trinajstić information content (AvgIpc) is 3.44. The highest BCUT2D eigenvalue weighted by Crippen LogP contribution is 2.21. The summed E-state index contributed by atoms with van der Waals surface area (Å²) >= 11 is 1.65. The molecule has 0 atom stereocenters. The molecule has 0 amide bonds. The van der Waals surface area contributed by atoms with Gasteiger partial charge in [0.05, 0.1) is 6.54 Å². The lowest BCUT2D eigenvalue weighted by Gasteiger charge is -2.03. The summed E-state index contributed by atoms with van der Waals surface area (Å²) in [6.45, 7) is 0.293. The van der Waals surface area contributed by atoms with Gasteiger partial charge in [-0.1, -0.05) is 22.5 Å². The van der Waals surface area contributed by atoms with Crippen LogP contribution in [0.3, 0.4) is 0 Å². The van der Waals surface area contributed by atoms with Crippen molar-refractivity contribution in [3.63, 3.8) is 0 Å². The molecule has 32 heavy (non-hydrogen) atoms. The molecular weight excluding hydrogens is 433 g/mol. The molecule has 0 saturated heterocycles. The molecule has 11 heteroatoms. The van der Waals surface area contributed by atoms with E-state index < -0.39 is 0 Å². The number of benzene rings is 2. The Hall–Kier alpha value is -3.86. The van der Waals surface area contributed by atoms with Crippen molar-refractivity contribution >= 4 is 22.9 Å². The Morgan fingerprint density at radius 1 is 1.12 bits per heavy atom. The SMILES string of the molecule is CSc1ccc(-c2noc(Cn3cnc4c(nnn4Cc4cccc(F)c4)c3=O)n2)cc1. The molecule has 5 aromatic rings. The fourth-order valence-electron chi connectivity index (χ4n) is 3.24. The first kappa shape index (κ1) is 20.1. The number of aromatic nitrogens is 7. The zero-order valence-corrected chi connectivity index (χ0v) is 17.7. The van der Waals surface area contributed by atoms with Gasteiger partial charge in [-0.15, -0.1) is 16.9 Å². The largest absolute Gasteiger partial charge is 0.337 e. The minimum atomic E-state index is -0.385. The van der Waals surface area contributed by atoms with Gasteiger partial charge in [0.1, 0.15) is 18.7 Å². The lowest BCUT2D eigenvalue weighted by molar-refractivity contribution is 0.369. The number of hydrogen-bond acceptors (Lipinski definition) is 8. The van der Waals surface area contributed by atoms with Crippen LogP contribution in [0.4, 0.5) is 4.39 Å². The van der Waals surface area contributed by atoms with E-state index in [1.54, 1.807) is 23.9 Å². The van der Waals surface area contributed by atoms with E-state index >= 15 is 0 Å². The maximum atomic E-state index is 13.4. The normalized spacial score (nSPS) is 11.3. The van der Waals surface area contributed by atoms with Crippen molar-refractivity contribution in [2.75, 3.05) is 6.26 Å². The maximum Gasteiger partial charge on any atom is 0.283 e. The van der Waals surface area contributed by atoms with Crippen molar-refractivity contribution in [2.45, 2.75) is 18.0 Å². The second-order valence-electron chi connectivity index (χ2n) is 6.97. The summed E-state index contributed by atoms with van der Waals surface area (Å²) in [6.07, 6.45) is 3.39. The monoisotopic (exact) mass is 449 g/mol. The lowest BCUT2D eigenvalue weighted by Crippen LogP contribution is -2.21. The molecule has 0 unspecified atom stereocenters. The molecule has 5 rings (SSSR count). The summed E-state index contributed by atoms with van der Waals surface area (Å²) in [5, 5.41) is 12.0. The van der Waals surface area contributed by atoms with E-state index in [4.69, 9.17) is 4.52 Å². The molecular formula is C21H16FN7O2S. The summed E-state index contributed by atoms with van der Waals surface area (Å²) in [6, 6.07) is 13.9. The van der Waals surface area contributed by atoms with Crippen LogP contribution in [0, 0.1) is 5.82 Å². The average molecular weight is 449 g/mol. The molecule has 0 aliphatic rings. The van der Waals surface area contributed by atoms with E-state index in [0.717, 1.165) is 10.5 Å². The maximum absolute atomic E-state index is 13.4. The van der Waals surface area contributed by atoms with Crippen LogP contribution in [0.1, 0.15) is 11.5 Å². The second-order valence-corrected chi connectivity index (χ2v) is 7.85. The van der Waals surface area contributed by atoms with Crippen molar-refractivity contribution in [1.29, 1.82) is 0 Å². The molecule has 0 aliphatic carbocycles. The van der Waals surface area contributed by atoms with Crippen LogP contribution in [-0.2, 0) is 13.1 Å². The highest BCUT2D eigenvalue weighted by Gasteiger charge is 2.15. The van der Waals surface area contributed by atoms with Crippen LogP contribution in [0.2, 0.25) is 0 Å². The Labute approximate surface area is 184 Å². The summed E-state index contributed by atoms with van der Waals surface area (Å²) in [5.41, 5.74) is 1.54. The van der Waals surface area contributed by atoms with Gasteiger partial charge in [-0.2, -0.15) is 4.98 Å². The fraction of sp³-hybridized carbons (Fsp3) is 0.143. The smallest absolute Gasteiger partial charge is 0.283 e. The molecule has 2 aromatic carbocycles. The Balaban J connectivity index is 1.39. The number of rotatable bonds is 6. The summed E-state index contributed by atoms with van der Waals surface area (Å²) in [4.78, 5) is 22.7. The molecule has 0 aliphatic heterocycles. The predicted molar refractivity (Wildman–Crippen MR) is 116 cm³/mol. The molecule has 0 saturated carbocycles. The third kappa shape index (κ3) is 3.89. The highest BCUT2D eigenvalue weighted by atomic mass is 32.2.